The minimum Gasteiger partial charge on any atom is -0.495 e. The number of hydrogen-bond acceptors (Lipinski definition) is 7. The van der Waals surface area contributed by atoms with Crippen molar-refractivity contribution in [2.45, 2.75) is 45.9 Å². The maximum atomic E-state index is 13.0. The number of benzene rings is 2. The zero-order valence-corrected chi connectivity index (χ0v) is 20.8. The molecule has 1 atom stereocenters. The summed E-state index contributed by atoms with van der Waals surface area (Å²) in [6, 6.07) is 15.0. The monoisotopic (exact) mass is 493 g/mol. The molecule has 0 aliphatic rings. The van der Waals surface area contributed by atoms with Gasteiger partial charge >= 0.3 is 5.97 Å². The summed E-state index contributed by atoms with van der Waals surface area (Å²) in [4.78, 5) is 29.6. The van der Waals surface area contributed by atoms with Gasteiger partial charge in [0.05, 0.1) is 24.5 Å². The number of carbonyl (C=O) groups excluding carboxylic acids is 1. The smallest absolute Gasteiger partial charge is 0.333 e. The summed E-state index contributed by atoms with van der Waals surface area (Å²) in [6.45, 7) is 5.39. The fourth-order valence-corrected chi connectivity index (χ4v) is 4.62. The lowest BCUT2D eigenvalue weighted by Gasteiger charge is -2.18. The molecule has 1 heterocycles. The van der Waals surface area contributed by atoms with E-state index in [-0.39, 0.29) is 30.5 Å². The Morgan fingerprint density at radius 2 is 1.94 bits per heavy atom. The largest absolute Gasteiger partial charge is 0.495 e. The Labute approximate surface area is 208 Å². The number of ether oxygens (including phenoxy) is 2. The Balaban J connectivity index is 1.83. The molecule has 0 fully saturated rings. The van der Waals surface area contributed by atoms with Crippen molar-refractivity contribution in [3.63, 3.8) is 0 Å². The van der Waals surface area contributed by atoms with Crippen molar-refractivity contribution in [3.05, 3.63) is 69.7 Å². The van der Waals surface area contributed by atoms with Crippen LogP contribution in [0.5, 0.6) is 5.75 Å². The van der Waals surface area contributed by atoms with Gasteiger partial charge in [-0.25, -0.2) is 9.78 Å². The third-order valence-corrected chi connectivity index (χ3v) is 6.35. The quantitative estimate of drug-likeness (QED) is 0.431. The summed E-state index contributed by atoms with van der Waals surface area (Å²) in [5.74, 6) is -1.04. The second kappa shape index (κ2) is 11.6. The van der Waals surface area contributed by atoms with E-state index in [0.29, 0.717) is 27.4 Å². The number of aliphatic carboxylic acids is 1. The first-order valence-corrected chi connectivity index (χ1v) is 11.8. The van der Waals surface area contributed by atoms with E-state index in [1.54, 1.807) is 32.9 Å². The molecule has 1 amide bonds. The molecule has 0 radical (unpaired) electrons. The fraction of sp³-hybridized carbons (Fsp3) is 0.308. The van der Waals surface area contributed by atoms with Crippen molar-refractivity contribution < 1.29 is 24.2 Å². The minimum atomic E-state index is -1.09. The molecule has 9 heteroatoms. The maximum Gasteiger partial charge on any atom is 0.333 e. The Morgan fingerprint density at radius 1 is 1.23 bits per heavy atom. The number of aryl methyl sites for hydroxylation is 1. The number of carbonyl (C=O) groups is 2. The summed E-state index contributed by atoms with van der Waals surface area (Å²) in [5, 5.41) is 22.8. The molecule has 182 valence electrons. The lowest BCUT2D eigenvalue weighted by atomic mass is 10.00. The van der Waals surface area contributed by atoms with Gasteiger partial charge in [-0.15, -0.1) is 11.3 Å². The lowest BCUT2D eigenvalue weighted by molar-refractivity contribution is -0.153. The number of rotatable bonds is 10. The second-order valence-electron chi connectivity index (χ2n) is 8.15. The molecule has 0 aliphatic carbocycles. The number of hydrogen-bond donors (Lipinski definition) is 2. The molecule has 2 aromatic carbocycles. The number of carboxylic acid groups (broad SMARTS) is 1. The number of nitrogens with one attached hydrogen (secondary N) is 1. The Morgan fingerprint density at radius 3 is 2.54 bits per heavy atom. The van der Waals surface area contributed by atoms with E-state index in [9.17, 15) is 20.0 Å². The molecule has 0 aliphatic heterocycles. The molecule has 0 spiro atoms. The molecule has 3 rings (SSSR count). The molecule has 1 aromatic heterocycles. The highest BCUT2D eigenvalue weighted by Crippen LogP contribution is 2.29. The van der Waals surface area contributed by atoms with E-state index in [0.717, 1.165) is 10.6 Å². The number of carboxylic acids is 1. The van der Waals surface area contributed by atoms with Crippen LogP contribution in [0, 0.1) is 18.3 Å². The molecule has 2 N–H and O–H groups in total. The normalized spacial score (nSPS) is 11.7. The lowest BCUT2D eigenvalue weighted by Crippen LogP contribution is -2.29. The molecular formula is C26H27N3O5S. The van der Waals surface area contributed by atoms with Gasteiger partial charge in [0.25, 0.3) is 5.91 Å². The molecule has 35 heavy (non-hydrogen) atoms. The molecule has 0 saturated heterocycles. The molecule has 0 saturated carbocycles. The average Bonchev–Trinajstić information content (AvgIpc) is 3.23. The van der Waals surface area contributed by atoms with E-state index in [4.69, 9.17) is 9.47 Å². The second-order valence-corrected chi connectivity index (χ2v) is 9.14. The van der Waals surface area contributed by atoms with Gasteiger partial charge in [-0.05, 0) is 32.4 Å². The van der Waals surface area contributed by atoms with Crippen LogP contribution in [0.4, 0.5) is 0 Å². The number of thiazole rings is 1. The van der Waals surface area contributed by atoms with Crippen LogP contribution in [0.25, 0.3) is 10.6 Å². The zero-order chi connectivity index (χ0) is 25.5. The number of nitriles is 1. The average molecular weight is 494 g/mol. The molecule has 3 aromatic rings. The van der Waals surface area contributed by atoms with Gasteiger partial charge in [0.15, 0.2) is 6.10 Å². The van der Waals surface area contributed by atoms with Crippen LogP contribution in [0.2, 0.25) is 0 Å². The highest BCUT2D eigenvalue weighted by atomic mass is 32.1. The maximum absolute atomic E-state index is 13.0. The summed E-state index contributed by atoms with van der Waals surface area (Å²) in [6.07, 6.45) is -1.26. The van der Waals surface area contributed by atoms with E-state index in [1.807, 2.05) is 30.3 Å². The van der Waals surface area contributed by atoms with Crippen molar-refractivity contribution in [3.8, 4) is 22.4 Å². The third-order valence-electron chi connectivity index (χ3n) is 5.15. The van der Waals surface area contributed by atoms with Gasteiger partial charge in [0.1, 0.15) is 21.7 Å². The van der Waals surface area contributed by atoms with Gasteiger partial charge in [-0.1, -0.05) is 36.4 Å². The summed E-state index contributed by atoms with van der Waals surface area (Å²) in [7, 11) is 1.45. The van der Waals surface area contributed by atoms with Gasteiger partial charge in [-0.3, -0.25) is 4.79 Å². The van der Waals surface area contributed by atoms with E-state index in [2.05, 4.69) is 16.4 Å². The van der Waals surface area contributed by atoms with E-state index < -0.39 is 12.1 Å². The predicted octanol–water partition coefficient (Wildman–Crippen LogP) is 4.35. The van der Waals surface area contributed by atoms with E-state index in [1.165, 1.54) is 18.4 Å². The van der Waals surface area contributed by atoms with Crippen LogP contribution in [-0.4, -0.2) is 41.3 Å². The molecular weight excluding hydrogens is 466 g/mol. The number of amides is 1. The molecule has 0 bridgehead atoms. The zero-order valence-electron chi connectivity index (χ0n) is 20.0. The first-order chi connectivity index (χ1) is 16.7. The molecule has 1 unspecified atom stereocenters. The van der Waals surface area contributed by atoms with Crippen molar-refractivity contribution in [1.82, 2.24) is 10.3 Å². The first kappa shape index (κ1) is 25.9. The van der Waals surface area contributed by atoms with Crippen molar-refractivity contribution in [1.29, 1.82) is 5.26 Å². The van der Waals surface area contributed by atoms with Gasteiger partial charge < -0.3 is 19.9 Å². The van der Waals surface area contributed by atoms with Crippen LogP contribution in [0.15, 0.2) is 42.5 Å². The van der Waals surface area contributed by atoms with Gasteiger partial charge in [0.2, 0.25) is 0 Å². The SMILES string of the molecule is COc1c(C#N)cc(CC(OC(C)C)C(=O)O)cc1CNC(=O)c1sc(-c2ccccc2)nc1C. The minimum absolute atomic E-state index is 0.0710. The summed E-state index contributed by atoms with van der Waals surface area (Å²) < 4.78 is 10.9. The highest BCUT2D eigenvalue weighted by molar-refractivity contribution is 7.17. The van der Waals surface area contributed by atoms with Gasteiger partial charge in [-0.2, -0.15) is 5.26 Å². The topological polar surface area (TPSA) is 122 Å². The number of aromatic nitrogens is 1. The van der Waals surface area contributed by atoms with Crippen LogP contribution < -0.4 is 10.1 Å². The van der Waals surface area contributed by atoms with Gasteiger partial charge in [0, 0.05) is 24.1 Å². The van der Waals surface area contributed by atoms with E-state index >= 15 is 0 Å². The fourth-order valence-electron chi connectivity index (χ4n) is 3.63. The van der Waals surface area contributed by atoms with Crippen LogP contribution in [0.3, 0.4) is 0 Å². The van der Waals surface area contributed by atoms with Crippen molar-refractivity contribution in [2.24, 2.45) is 0 Å². The first-order valence-electron chi connectivity index (χ1n) is 11.0. The van der Waals surface area contributed by atoms with Crippen LogP contribution in [0.1, 0.15) is 45.9 Å². The highest BCUT2D eigenvalue weighted by Gasteiger charge is 2.23. The van der Waals surface area contributed by atoms with Crippen molar-refractivity contribution >= 4 is 23.2 Å². The number of nitrogens with zero attached hydrogens (tertiary/aromatic N) is 2. The van der Waals surface area contributed by atoms with Crippen LogP contribution in [-0.2, 0) is 22.5 Å². The van der Waals surface area contributed by atoms with Crippen LogP contribution >= 0.6 is 11.3 Å². The summed E-state index contributed by atoms with van der Waals surface area (Å²) in [5.41, 5.74) is 2.97. The Hall–Kier alpha value is -3.74. The molecule has 8 nitrogen and oxygen atoms in total. The Bertz CT molecular complexity index is 1250. The third kappa shape index (κ3) is 6.44. The predicted molar refractivity (Wildman–Crippen MR) is 133 cm³/mol. The standard InChI is InChI=1S/C26H27N3O5S/c1-15(2)34-21(26(31)32)12-17-10-19(13-27)22(33-4)20(11-17)14-28-24(30)23-16(3)29-25(35-23)18-8-6-5-7-9-18/h5-11,15,21H,12,14H2,1-4H3,(H,28,30)(H,31,32). The Kier molecular flexibility index (Phi) is 8.58. The summed E-state index contributed by atoms with van der Waals surface area (Å²) >= 11 is 1.31. The van der Waals surface area contributed by atoms with Crippen molar-refractivity contribution in [2.75, 3.05) is 7.11 Å². The number of methoxy groups -OCH3 is 1.